The van der Waals surface area contributed by atoms with Gasteiger partial charge in [0.25, 0.3) is 0 Å². The van der Waals surface area contributed by atoms with Crippen molar-refractivity contribution in [2.75, 3.05) is 0 Å². The zero-order chi connectivity index (χ0) is 15.2. The summed E-state index contributed by atoms with van der Waals surface area (Å²) in [6.07, 6.45) is 2.04. The normalized spacial score (nSPS) is 10.8. The number of rotatable bonds is 6. The highest BCUT2D eigenvalue weighted by Crippen LogP contribution is 2.23. The number of thioether (sulfide) groups is 1. The topological polar surface area (TPSA) is 41.6 Å². The highest BCUT2D eigenvalue weighted by atomic mass is 32.2. The van der Waals surface area contributed by atoms with Gasteiger partial charge in [0.2, 0.25) is 5.16 Å². The predicted octanol–water partition coefficient (Wildman–Crippen LogP) is 4.72. The van der Waals surface area contributed by atoms with Gasteiger partial charge in [-0.1, -0.05) is 73.3 Å². The molecule has 0 aliphatic heterocycles. The van der Waals surface area contributed by atoms with Crippen molar-refractivity contribution in [1.82, 2.24) is 15.2 Å². The van der Waals surface area contributed by atoms with Crippen molar-refractivity contribution in [3.63, 3.8) is 0 Å². The van der Waals surface area contributed by atoms with Crippen LogP contribution in [0.3, 0.4) is 0 Å². The minimum absolute atomic E-state index is 0.829. The van der Waals surface area contributed by atoms with Gasteiger partial charge in [-0.05, 0) is 23.1 Å². The molecule has 0 atom stereocenters. The van der Waals surface area contributed by atoms with Crippen molar-refractivity contribution in [2.45, 2.75) is 30.7 Å². The second-order valence-corrected chi connectivity index (χ2v) is 6.11. The van der Waals surface area contributed by atoms with E-state index in [1.165, 1.54) is 16.7 Å². The zero-order valence-electron chi connectivity index (χ0n) is 12.6. The average Bonchev–Trinajstić information content (AvgIpc) is 3.02. The lowest BCUT2D eigenvalue weighted by atomic mass is 10.0. The molecule has 0 unspecified atom stereocenters. The van der Waals surface area contributed by atoms with E-state index >= 15 is 0 Å². The number of H-pyrrole nitrogens is 1. The van der Waals surface area contributed by atoms with Gasteiger partial charge in [-0.3, -0.25) is 5.10 Å². The van der Waals surface area contributed by atoms with E-state index < -0.39 is 0 Å². The monoisotopic (exact) mass is 309 g/mol. The molecular formula is C18H19N3S. The van der Waals surface area contributed by atoms with E-state index in [0.717, 1.165) is 29.6 Å². The first-order chi connectivity index (χ1) is 10.8. The summed E-state index contributed by atoms with van der Waals surface area (Å²) in [6.45, 7) is 2.14. The first kappa shape index (κ1) is 14.9. The van der Waals surface area contributed by atoms with Crippen LogP contribution in [0.5, 0.6) is 0 Å². The van der Waals surface area contributed by atoms with Crippen LogP contribution in [-0.4, -0.2) is 15.2 Å². The molecular weight excluding hydrogens is 290 g/mol. The number of nitrogens with zero attached hydrogens (tertiary/aromatic N) is 2. The van der Waals surface area contributed by atoms with Crippen LogP contribution in [0, 0.1) is 0 Å². The maximum absolute atomic E-state index is 4.48. The molecule has 1 heterocycles. The molecule has 3 nitrogen and oxygen atoms in total. The molecule has 0 fully saturated rings. The van der Waals surface area contributed by atoms with Crippen molar-refractivity contribution < 1.29 is 0 Å². The Morgan fingerprint density at radius 2 is 1.68 bits per heavy atom. The molecule has 22 heavy (non-hydrogen) atoms. The average molecular weight is 309 g/mol. The summed E-state index contributed by atoms with van der Waals surface area (Å²) in [7, 11) is 0. The van der Waals surface area contributed by atoms with Crippen molar-refractivity contribution >= 4 is 11.8 Å². The fourth-order valence-corrected chi connectivity index (χ4v) is 3.04. The Balaban J connectivity index is 1.61. The highest BCUT2D eigenvalue weighted by molar-refractivity contribution is 7.98. The van der Waals surface area contributed by atoms with Crippen LogP contribution >= 0.6 is 11.8 Å². The molecule has 3 aromatic rings. The molecule has 4 heteroatoms. The molecule has 0 aliphatic carbocycles. The summed E-state index contributed by atoms with van der Waals surface area (Å²) >= 11 is 1.67. The molecule has 112 valence electrons. The van der Waals surface area contributed by atoms with Gasteiger partial charge in [-0.15, -0.1) is 5.10 Å². The second kappa shape index (κ2) is 7.27. The lowest BCUT2D eigenvalue weighted by molar-refractivity contribution is 0.840. The summed E-state index contributed by atoms with van der Waals surface area (Å²) in [4.78, 5) is 4.48. The van der Waals surface area contributed by atoms with Gasteiger partial charge in [-0.25, -0.2) is 4.98 Å². The van der Waals surface area contributed by atoms with Crippen LogP contribution in [0.2, 0.25) is 0 Å². The van der Waals surface area contributed by atoms with Crippen molar-refractivity contribution in [3.8, 4) is 11.1 Å². The molecule has 1 N–H and O–H groups in total. The third kappa shape index (κ3) is 3.77. The number of aryl methyl sites for hydroxylation is 1. The van der Waals surface area contributed by atoms with Gasteiger partial charge in [0.15, 0.2) is 0 Å². The van der Waals surface area contributed by atoms with Gasteiger partial charge in [0, 0.05) is 12.2 Å². The first-order valence-electron chi connectivity index (χ1n) is 7.53. The number of nitrogens with one attached hydrogen (secondary N) is 1. The van der Waals surface area contributed by atoms with Gasteiger partial charge in [0.05, 0.1) is 0 Å². The van der Waals surface area contributed by atoms with Crippen LogP contribution < -0.4 is 0 Å². The molecule has 0 saturated heterocycles. The number of benzene rings is 2. The van der Waals surface area contributed by atoms with Gasteiger partial charge in [-0.2, -0.15) is 0 Å². The Hall–Kier alpha value is -2.07. The van der Waals surface area contributed by atoms with Crippen LogP contribution in [0.1, 0.15) is 24.7 Å². The van der Waals surface area contributed by atoms with E-state index in [-0.39, 0.29) is 0 Å². The SMILES string of the molecule is CCCc1nc(SCc2ccc(-c3ccccc3)cc2)n[nH]1. The molecule has 0 amide bonds. The van der Waals surface area contributed by atoms with Gasteiger partial charge >= 0.3 is 0 Å². The van der Waals surface area contributed by atoms with Gasteiger partial charge < -0.3 is 0 Å². The van der Waals surface area contributed by atoms with E-state index in [1.54, 1.807) is 11.8 Å². The summed E-state index contributed by atoms with van der Waals surface area (Å²) < 4.78 is 0. The van der Waals surface area contributed by atoms with E-state index in [4.69, 9.17) is 0 Å². The van der Waals surface area contributed by atoms with Crippen molar-refractivity contribution in [1.29, 1.82) is 0 Å². The van der Waals surface area contributed by atoms with E-state index in [0.29, 0.717) is 0 Å². The maximum atomic E-state index is 4.48. The summed E-state index contributed by atoms with van der Waals surface area (Å²) in [6, 6.07) is 19.1. The molecule has 1 aromatic heterocycles. The molecule has 0 spiro atoms. The molecule has 0 radical (unpaired) electrons. The first-order valence-corrected chi connectivity index (χ1v) is 8.52. The van der Waals surface area contributed by atoms with E-state index in [2.05, 4.69) is 70.6 Å². The third-order valence-corrected chi connectivity index (χ3v) is 4.35. The molecule has 0 saturated carbocycles. The number of hydrogen-bond donors (Lipinski definition) is 1. The number of hydrogen-bond acceptors (Lipinski definition) is 3. The number of aromatic nitrogens is 3. The fraction of sp³-hybridized carbons (Fsp3) is 0.222. The quantitative estimate of drug-likeness (QED) is 0.670. The Bertz CT molecular complexity index is 705. The third-order valence-electron chi connectivity index (χ3n) is 3.43. The summed E-state index contributed by atoms with van der Waals surface area (Å²) in [5, 5.41) is 8.06. The van der Waals surface area contributed by atoms with Crippen LogP contribution in [-0.2, 0) is 12.2 Å². The van der Waals surface area contributed by atoms with Crippen LogP contribution in [0.25, 0.3) is 11.1 Å². The Morgan fingerprint density at radius 3 is 2.41 bits per heavy atom. The number of aromatic amines is 1. The molecule has 0 bridgehead atoms. The van der Waals surface area contributed by atoms with Gasteiger partial charge in [0.1, 0.15) is 5.82 Å². The standard InChI is InChI=1S/C18H19N3S/c1-2-6-17-19-18(21-20-17)22-13-14-9-11-16(12-10-14)15-7-4-3-5-8-15/h3-5,7-12H,2,6,13H2,1H3,(H,19,20,21). The Labute approximate surface area is 135 Å². The highest BCUT2D eigenvalue weighted by Gasteiger charge is 2.04. The van der Waals surface area contributed by atoms with Crippen LogP contribution in [0.15, 0.2) is 59.8 Å². The molecule has 3 rings (SSSR count). The summed E-state index contributed by atoms with van der Waals surface area (Å²) in [5.74, 6) is 1.86. The van der Waals surface area contributed by atoms with Crippen LogP contribution in [0.4, 0.5) is 0 Å². The molecule has 2 aromatic carbocycles. The predicted molar refractivity (Wildman–Crippen MR) is 91.8 cm³/mol. The zero-order valence-corrected chi connectivity index (χ0v) is 13.4. The van der Waals surface area contributed by atoms with Crippen molar-refractivity contribution in [2.24, 2.45) is 0 Å². The summed E-state index contributed by atoms with van der Waals surface area (Å²) in [5.41, 5.74) is 3.78. The Kier molecular flexibility index (Phi) is 4.91. The Morgan fingerprint density at radius 1 is 0.955 bits per heavy atom. The fourth-order valence-electron chi connectivity index (χ4n) is 2.26. The lowest BCUT2D eigenvalue weighted by Crippen LogP contribution is -1.85. The smallest absolute Gasteiger partial charge is 0.208 e. The second-order valence-electron chi connectivity index (χ2n) is 5.17. The van der Waals surface area contributed by atoms with Crippen molar-refractivity contribution in [3.05, 3.63) is 66.0 Å². The minimum Gasteiger partial charge on any atom is -0.262 e. The maximum Gasteiger partial charge on any atom is 0.208 e. The largest absolute Gasteiger partial charge is 0.262 e. The minimum atomic E-state index is 0.829. The van der Waals surface area contributed by atoms with E-state index in [1.807, 2.05) is 6.07 Å². The van der Waals surface area contributed by atoms with E-state index in [9.17, 15) is 0 Å². The lowest BCUT2D eigenvalue weighted by Gasteiger charge is -2.03. The molecule has 0 aliphatic rings.